The molecule has 0 aromatic heterocycles. The van der Waals surface area contributed by atoms with E-state index in [4.69, 9.17) is 0 Å². The predicted octanol–water partition coefficient (Wildman–Crippen LogP) is 4.91. The summed E-state index contributed by atoms with van der Waals surface area (Å²) in [5.74, 6) is -3.22. The number of esters is 1. The highest BCUT2D eigenvalue weighted by atomic mass is 19.1. The molecule has 0 unspecified atom stereocenters. The minimum atomic E-state index is -0.881. The molecule has 0 aliphatic carbocycles. The first-order chi connectivity index (χ1) is 14.0. The zero-order chi connectivity index (χ0) is 20.8. The molecule has 150 valence electrons. The van der Waals surface area contributed by atoms with Gasteiger partial charge in [0.25, 0.3) is 0 Å². The fourth-order valence-electron chi connectivity index (χ4n) is 3.18. The van der Waals surface area contributed by atoms with Crippen molar-refractivity contribution in [2.24, 2.45) is 0 Å². The Morgan fingerprint density at radius 1 is 1.00 bits per heavy atom. The van der Waals surface area contributed by atoms with E-state index in [0.29, 0.717) is 13.0 Å². The summed E-state index contributed by atoms with van der Waals surface area (Å²) in [4.78, 5) is 23.4. The monoisotopic (exact) mass is 397 g/mol. The maximum atomic E-state index is 14.4. The van der Waals surface area contributed by atoms with Crippen molar-refractivity contribution >= 4 is 28.2 Å². The molecule has 29 heavy (non-hydrogen) atoms. The molecule has 1 N–H and O–H groups in total. The molecule has 0 fully saturated rings. The van der Waals surface area contributed by atoms with Gasteiger partial charge in [0.2, 0.25) is 0 Å². The van der Waals surface area contributed by atoms with E-state index in [-0.39, 0.29) is 12.3 Å². The van der Waals surface area contributed by atoms with Gasteiger partial charge in [-0.3, -0.25) is 9.59 Å². The van der Waals surface area contributed by atoms with Crippen molar-refractivity contribution in [3.8, 4) is 0 Å². The number of hydrogen-bond acceptors (Lipinski definition) is 4. The number of ether oxygens (including phenoxy) is 1. The number of nitrogens with one attached hydrogen (secondary N) is 1. The van der Waals surface area contributed by atoms with Crippen LogP contribution in [0.15, 0.2) is 54.6 Å². The van der Waals surface area contributed by atoms with Crippen molar-refractivity contribution in [2.75, 3.05) is 18.5 Å². The number of carbonyl (C=O) groups excluding carboxylic acids is 2. The lowest BCUT2D eigenvalue weighted by Gasteiger charge is -2.11. The number of Topliss-reactive ketones (excluding diaryl/α,β-unsaturated/α-hetero) is 1. The topological polar surface area (TPSA) is 55.4 Å². The zero-order valence-corrected chi connectivity index (χ0v) is 16.0. The minimum absolute atomic E-state index is 0.0320. The number of carbonyl (C=O) groups is 2. The van der Waals surface area contributed by atoms with E-state index in [2.05, 4.69) is 10.1 Å². The quantitative estimate of drug-likeness (QED) is 0.333. The lowest BCUT2D eigenvalue weighted by molar-refractivity contribution is -0.141. The lowest BCUT2D eigenvalue weighted by Crippen LogP contribution is -2.14. The van der Waals surface area contributed by atoms with Crippen molar-refractivity contribution in [3.05, 3.63) is 77.4 Å². The van der Waals surface area contributed by atoms with Crippen molar-refractivity contribution in [1.82, 2.24) is 0 Å². The van der Waals surface area contributed by atoms with Crippen LogP contribution in [0.4, 0.5) is 14.5 Å². The summed E-state index contributed by atoms with van der Waals surface area (Å²) < 4.78 is 33.3. The summed E-state index contributed by atoms with van der Waals surface area (Å²) in [5.41, 5.74) is 0.600. The van der Waals surface area contributed by atoms with Gasteiger partial charge in [0.1, 0.15) is 18.1 Å². The summed E-state index contributed by atoms with van der Waals surface area (Å²) in [5, 5.41) is 5.11. The molecule has 0 bridgehead atoms. The number of fused-ring (bicyclic) bond motifs is 1. The van der Waals surface area contributed by atoms with Crippen LogP contribution in [0.25, 0.3) is 10.8 Å². The van der Waals surface area contributed by atoms with E-state index >= 15 is 0 Å². The van der Waals surface area contributed by atoms with Gasteiger partial charge in [0, 0.05) is 12.6 Å². The van der Waals surface area contributed by atoms with Gasteiger partial charge in [-0.2, -0.15) is 0 Å². The molecule has 3 aromatic rings. The van der Waals surface area contributed by atoms with Gasteiger partial charge >= 0.3 is 5.97 Å². The summed E-state index contributed by atoms with van der Waals surface area (Å²) in [6.45, 7) is 2.10. The summed E-state index contributed by atoms with van der Waals surface area (Å²) >= 11 is 0. The van der Waals surface area contributed by atoms with E-state index in [0.717, 1.165) is 28.5 Å². The third-order valence-electron chi connectivity index (χ3n) is 4.56. The van der Waals surface area contributed by atoms with E-state index in [1.807, 2.05) is 42.5 Å². The van der Waals surface area contributed by atoms with E-state index < -0.39 is 35.4 Å². The molecule has 4 nitrogen and oxygen atoms in total. The fourth-order valence-corrected chi connectivity index (χ4v) is 3.18. The number of anilines is 1. The van der Waals surface area contributed by atoms with Crippen LogP contribution in [-0.4, -0.2) is 24.9 Å². The van der Waals surface area contributed by atoms with Gasteiger partial charge < -0.3 is 10.1 Å². The summed E-state index contributed by atoms with van der Waals surface area (Å²) in [6, 6.07) is 15.7. The standard InChI is InChI=1S/C23H21F2NO3/c1-2-29-23(28)14-22(27)18-12-20(25)21(13-19(18)24)26-11-10-16-8-5-7-15-6-3-4-9-17(15)16/h3-9,12-13,26H,2,10-11,14H2,1H3. The van der Waals surface area contributed by atoms with E-state index in [9.17, 15) is 18.4 Å². The van der Waals surface area contributed by atoms with Crippen molar-refractivity contribution in [2.45, 2.75) is 19.8 Å². The Bertz CT molecular complexity index is 1040. The summed E-state index contributed by atoms with van der Waals surface area (Å²) in [7, 11) is 0. The normalized spacial score (nSPS) is 10.7. The maximum Gasteiger partial charge on any atom is 0.313 e. The first-order valence-corrected chi connectivity index (χ1v) is 9.38. The van der Waals surface area contributed by atoms with Crippen LogP contribution in [0.2, 0.25) is 0 Å². The molecule has 0 aliphatic rings. The smallest absolute Gasteiger partial charge is 0.313 e. The molecule has 0 spiro atoms. The number of halogens is 2. The highest BCUT2D eigenvalue weighted by Gasteiger charge is 2.19. The molecule has 3 aromatic carbocycles. The van der Waals surface area contributed by atoms with Crippen LogP contribution < -0.4 is 5.32 Å². The Balaban J connectivity index is 1.68. The Morgan fingerprint density at radius 2 is 1.76 bits per heavy atom. The van der Waals surface area contributed by atoms with Gasteiger partial charge in [-0.05, 0) is 35.7 Å². The molecule has 0 heterocycles. The Kier molecular flexibility index (Phi) is 6.54. The second-order valence-corrected chi connectivity index (χ2v) is 6.53. The second kappa shape index (κ2) is 9.28. The molecule has 0 aliphatic heterocycles. The van der Waals surface area contributed by atoms with E-state index in [1.54, 1.807) is 6.92 Å². The maximum absolute atomic E-state index is 14.4. The van der Waals surface area contributed by atoms with Gasteiger partial charge in [0.15, 0.2) is 5.78 Å². The molecule has 0 amide bonds. The SMILES string of the molecule is CCOC(=O)CC(=O)c1cc(F)c(NCCc2cccc3ccccc23)cc1F. The first kappa shape index (κ1) is 20.5. The zero-order valence-electron chi connectivity index (χ0n) is 16.0. The van der Waals surface area contributed by atoms with Crippen LogP contribution in [0.5, 0.6) is 0 Å². The van der Waals surface area contributed by atoms with Gasteiger partial charge in [-0.25, -0.2) is 8.78 Å². The lowest BCUT2D eigenvalue weighted by atomic mass is 10.0. The molecule has 0 saturated heterocycles. The van der Waals surface area contributed by atoms with Crippen molar-refractivity contribution < 1.29 is 23.1 Å². The largest absolute Gasteiger partial charge is 0.466 e. The molecule has 0 saturated carbocycles. The van der Waals surface area contributed by atoms with Crippen LogP contribution in [0.1, 0.15) is 29.3 Å². The van der Waals surface area contributed by atoms with Crippen molar-refractivity contribution in [1.29, 1.82) is 0 Å². The Morgan fingerprint density at radius 3 is 2.55 bits per heavy atom. The van der Waals surface area contributed by atoms with Crippen LogP contribution in [-0.2, 0) is 16.0 Å². The highest BCUT2D eigenvalue weighted by molar-refractivity contribution is 6.06. The predicted molar refractivity (Wildman–Crippen MR) is 108 cm³/mol. The molecular formula is C23H21F2NO3. The Hall–Kier alpha value is -3.28. The molecule has 6 heteroatoms. The van der Waals surface area contributed by atoms with Crippen LogP contribution in [0, 0.1) is 11.6 Å². The third-order valence-corrected chi connectivity index (χ3v) is 4.56. The first-order valence-electron chi connectivity index (χ1n) is 9.38. The van der Waals surface area contributed by atoms with Gasteiger partial charge in [-0.15, -0.1) is 0 Å². The summed E-state index contributed by atoms with van der Waals surface area (Å²) in [6.07, 6.45) is -0.00991. The minimum Gasteiger partial charge on any atom is -0.466 e. The molecule has 3 rings (SSSR count). The van der Waals surface area contributed by atoms with E-state index in [1.165, 1.54) is 0 Å². The van der Waals surface area contributed by atoms with Gasteiger partial charge in [-0.1, -0.05) is 42.5 Å². The fraction of sp³-hybridized carbons (Fsp3) is 0.217. The van der Waals surface area contributed by atoms with Crippen LogP contribution in [0.3, 0.4) is 0 Å². The Labute approximate surface area is 167 Å². The second-order valence-electron chi connectivity index (χ2n) is 6.53. The van der Waals surface area contributed by atoms with Crippen molar-refractivity contribution in [3.63, 3.8) is 0 Å². The molecule has 0 atom stereocenters. The molecular weight excluding hydrogens is 376 g/mol. The number of hydrogen-bond donors (Lipinski definition) is 1. The number of benzene rings is 3. The van der Waals surface area contributed by atoms with Gasteiger partial charge in [0.05, 0.1) is 17.9 Å². The third kappa shape index (κ3) is 4.96. The molecule has 0 radical (unpaired) electrons. The number of rotatable bonds is 8. The average Bonchev–Trinajstić information content (AvgIpc) is 2.70. The highest BCUT2D eigenvalue weighted by Crippen LogP contribution is 2.22. The number of ketones is 1. The average molecular weight is 397 g/mol. The van der Waals surface area contributed by atoms with Crippen LogP contribution >= 0.6 is 0 Å².